The topological polar surface area (TPSA) is 103 Å². The van der Waals surface area contributed by atoms with E-state index in [1.165, 1.54) is 16.6 Å². The van der Waals surface area contributed by atoms with Gasteiger partial charge >= 0.3 is 0 Å². The molecule has 1 aromatic heterocycles. The van der Waals surface area contributed by atoms with Crippen LogP contribution < -0.4 is 5.32 Å². The molecule has 0 saturated carbocycles. The van der Waals surface area contributed by atoms with Crippen LogP contribution in [0.25, 0.3) is 0 Å². The number of hydrogen-bond donors (Lipinski definition) is 2. The third-order valence-corrected chi connectivity index (χ3v) is 8.46. The van der Waals surface area contributed by atoms with Gasteiger partial charge in [0.15, 0.2) is 0 Å². The summed E-state index contributed by atoms with van der Waals surface area (Å²) in [6, 6.07) is 6.77. The number of amides is 2. The number of sulfonamides is 1. The zero-order chi connectivity index (χ0) is 23.6. The van der Waals surface area contributed by atoms with Crippen LogP contribution in [0.3, 0.4) is 0 Å². The largest absolute Gasteiger partial charge is 0.356 e. The third-order valence-electron chi connectivity index (χ3n) is 6.31. The minimum Gasteiger partial charge on any atom is -0.356 e. The molecule has 0 aliphatic carbocycles. The number of H-pyrrole nitrogens is 1. The van der Waals surface area contributed by atoms with Gasteiger partial charge in [-0.25, -0.2) is 8.42 Å². The zero-order valence-electron chi connectivity index (χ0n) is 18.6. The number of aromatic amines is 1. The minimum atomic E-state index is -3.83. The van der Waals surface area contributed by atoms with Crippen LogP contribution in [0.2, 0.25) is 5.02 Å². The molecule has 10 heteroatoms. The standard InChI is InChI=1S/C23H29ClN4O4S/c1-16-7-8-20(19(24)12-16)26-22(29)17-6-5-11-28(15-17)33(31,32)18-13-21(25-14-18)23(30)27-9-3-2-4-10-27/h7-8,12-14,17,25H,2-6,9-11,15H2,1H3,(H,26,29)/t17-/m1/s1. The Bertz CT molecular complexity index is 1140. The van der Waals surface area contributed by atoms with E-state index in [0.717, 1.165) is 24.8 Å². The number of likely N-dealkylation sites (tertiary alicyclic amines) is 1. The molecule has 2 N–H and O–H groups in total. The van der Waals surface area contributed by atoms with Gasteiger partial charge in [-0.3, -0.25) is 9.59 Å². The number of rotatable bonds is 5. The second-order valence-corrected chi connectivity index (χ2v) is 11.1. The Morgan fingerprint density at radius 2 is 1.85 bits per heavy atom. The number of nitrogens with zero attached hydrogens (tertiary/aromatic N) is 2. The van der Waals surface area contributed by atoms with Crippen LogP contribution in [0.4, 0.5) is 5.69 Å². The van der Waals surface area contributed by atoms with Crippen molar-refractivity contribution in [3.63, 3.8) is 0 Å². The molecule has 2 aliphatic heterocycles. The summed E-state index contributed by atoms with van der Waals surface area (Å²) in [4.78, 5) is 30.2. The van der Waals surface area contributed by atoms with Gasteiger partial charge in [-0.15, -0.1) is 0 Å². The number of benzene rings is 1. The molecule has 2 amide bonds. The summed E-state index contributed by atoms with van der Waals surface area (Å²) in [5.41, 5.74) is 1.77. The maximum Gasteiger partial charge on any atom is 0.270 e. The normalized spacial score (nSPS) is 19.9. The average Bonchev–Trinajstić information content (AvgIpc) is 3.32. The van der Waals surface area contributed by atoms with Gasteiger partial charge in [0.25, 0.3) is 5.91 Å². The number of carbonyl (C=O) groups is 2. The van der Waals surface area contributed by atoms with Crippen LogP contribution in [-0.2, 0) is 14.8 Å². The van der Waals surface area contributed by atoms with Gasteiger partial charge in [0.1, 0.15) is 10.6 Å². The first kappa shape index (κ1) is 23.8. The summed E-state index contributed by atoms with van der Waals surface area (Å²) in [6.07, 6.45) is 5.55. The van der Waals surface area contributed by atoms with E-state index in [9.17, 15) is 18.0 Å². The molecule has 0 unspecified atom stereocenters. The zero-order valence-corrected chi connectivity index (χ0v) is 20.2. The quantitative estimate of drug-likeness (QED) is 0.665. The lowest BCUT2D eigenvalue weighted by Crippen LogP contribution is -2.43. The van der Waals surface area contributed by atoms with Crippen molar-refractivity contribution >= 4 is 39.1 Å². The summed E-state index contributed by atoms with van der Waals surface area (Å²) in [6.45, 7) is 3.70. The van der Waals surface area contributed by atoms with E-state index >= 15 is 0 Å². The minimum absolute atomic E-state index is 0.0468. The molecule has 0 spiro atoms. The summed E-state index contributed by atoms with van der Waals surface area (Å²) in [5, 5.41) is 3.27. The molecular formula is C23H29ClN4O4S. The molecule has 2 aromatic rings. The van der Waals surface area contributed by atoms with Crippen molar-refractivity contribution in [1.82, 2.24) is 14.2 Å². The molecule has 8 nitrogen and oxygen atoms in total. The van der Waals surface area contributed by atoms with Crippen LogP contribution in [-0.4, -0.2) is 60.6 Å². The van der Waals surface area contributed by atoms with Crippen molar-refractivity contribution in [2.75, 3.05) is 31.5 Å². The lowest BCUT2D eigenvalue weighted by atomic mass is 9.98. The molecule has 2 saturated heterocycles. The number of anilines is 1. The molecule has 2 fully saturated rings. The SMILES string of the molecule is Cc1ccc(NC(=O)[C@@H]2CCCN(S(=O)(=O)c3c[nH]c(C(=O)N4CCCCC4)c3)C2)c(Cl)c1. The highest BCUT2D eigenvalue weighted by Crippen LogP contribution is 2.28. The molecule has 4 rings (SSSR count). The van der Waals surface area contributed by atoms with Crippen molar-refractivity contribution in [3.8, 4) is 0 Å². The average molecular weight is 493 g/mol. The van der Waals surface area contributed by atoms with E-state index in [1.54, 1.807) is 17.0 Å². The summed E-state index contributed by atoms with van der Waals surface area (Å²) in [7, 11) is -3.83. The summed E-state index contributed by atoms with van der Waals surface area (Å²) >= 11 is 6.22. The van der Waals surface area contributed by atoms with Crippen molar-refractivity contribution < 1.29 is 18.0 Å². The van der Waals surface area contributed by atoms with Crippen LogP contribution in [0.1, 0.15) is 48.2 Å². The summed E-state index contributed by atoms with van der Waals surface area (Å²) < 4.78 is 27.8. The predicted molar refractivity (Wildman–Crippen MR) is 127 cm³/mol. The molecule has 1 aromatic carbocycles. The van der Waals surface area contributed by atoms with E-state index < -0.39 is 15.9 Å². The van der Waals surface area contributed by atoms with Gasteiger partial charge in [0.05, 0.1) is 16.6 Å². The van der Waals surface area contributed by atoms with Crippen molar-refractivity contribution in [1.29, 1.82) is 0 Å². The fourth-order valence-electron chi connectivity index (χ4n) is 4.39. The molecule has 178 valence electrons. The van der Waals surface area contributed by atoms with E-state index in [0.29, 0.717) is 43.2 Å². The van der Waals surface area contributed by atoms with E-state index in [4.69, 9.17) is 11.6 Å². The molecule has 0 bridgehead atoms. The van der Waals surface area contributed by atoms with Crippen molar-refractivity contribution in [2.45, 2.75) is 43.9 Å². The van der Waals surface area contributed by atoms with Gasteiger partial charge in [-0.2, -0.15) is 4.31 Å². The number of carbonyl (C=O) groups excluding carboxylic acids is 2. The second-order valence-electron chi connectivity index (χ2n) is 8.78. The molecule has 3 heterocycles. The second kappa shape index (κ2) is 9.87. The monoisotopic (exact) mass is 492 g/mol. The van der Waals surface area contributed by atoms with Crippen molar-refractivity contribution in [2.24, 2.45) is 5.92 Å². The van der Waals surface area contributed by atoms with Gasteiger partial charge in [0.2, 0.25) is 15.9 Å². The maximum atomic E-state index is 13.2. The van der Waals surface area contributed by atoms with E-state index in [2.05, 4.69) is 10.3 Å². The Morgan fingerprint density at radius 1 is 1.09 bits per heavy atom. The van der Waals surface area contributed by atoms with Crippen LogP contribution in [0.15, 0.2) is 35.4 Å². The number of aromatic nitrogens is 1. The van der Waals surface area contributed by atoms with Gasteiger partial charge in [-0.1, -0.05) is 17.7 Å². The first-order valence-corrected chi connectivity index (χ1v) is 13.1. The Hall–Kier alpha value is -2.36. The fourth-order valence-corrected chi connectivity index (χ4v) is 6.20. The third kappa shape index (κ3) is 5.26. The molecule has 2 aliphatic rings. The number of hydrogen-bond acceptors (Lipinski definition) is 4. The highest BCUT2D eigenvalue weighted by Gasteiger charge is 2.34. The fraction of sp³-hybridized carbons (Fsp3) is 0.478. The highest BCUT2D eigenvalue weighted by molar-refractivity contribution is 7.89. The van der Waals surface area contributed by atoms with Crippen LogP contribution in [0, 0.1) is 12.8 Å². The Balaban J connectivity index is 1.44. The van der Waals surface area contributed by atoms with E-state index in [-0.39, 0.29) is 28.9 Å². The lowest BCUT2D eigenvalue weighted by molar-refractivity contribution is -0.120. The molecular weight excluding hydrogens is 464 g/mol. The predicted octanol–water partition coefficient (Wildman–Crippen LogP) is 3.64. The smallest absolute Gasteiger partial charge is 0.270 e. The molecule has 1 atom stereocenters. The van der Waals surface area contributed by atoms with Gasteiger partial charge < -0.3 is 15.2 Å². The number of aryl methyl sites for hydroxylation is 1. The summed E-state index contributed by atoms with van der Waals surface area (Å²) in [5.74, 6) is -0.919. The number of piperidine rings is 2. The Morgan fingerprint density at radius 3 is 2.58 bits per heavy atom. The Kier molecular flexibility index (Phi) is 7.11. The molecule has 33 heavy (non-hydrogen) atoms. The van der Waals surface area contributed by atoms with Gasteiger partial charge in [0, 0.05) is 32.4 Å². The molecule has 0 radical (unpaired) electrons. The Labute approximate surface area is 199 Å². The number of halogens is 1. The first-order chi connectivity index (χ1) is 15.8. The first-order valence-electron chi connectivity index (χ1n) is 11.3. The van der Waals surface area contributed by atoms with Crippen LogP contribution in [0.5, 0.6) is 0 Å². The van der Waals surface area contributed by atoms with Crippen LogP contribution >= 0.6 is 11.6 Å². The van der Waals surface area contributed by atoms with Crippen molar-refractivity contribution in [3.05, 3.63) is 46.7 Å². The maximum absolute atomic E-state index is 13.2. The van der Waals surface area contributed by atoms with Gasteiger partial charge in [-0.05, 0) is 62.8 Å². The lowest BCUT2D eigenvalue weighted by Gasteiger charge is -2.31. The number of nitrogens with one attached hydrogen (secondary N) is 2. The highest BCUT2D eigenvalue weighted by atomic mass is 35.5. The van der Waals surface area contributed by atoms with E-state index in [1.807, 2.05) is 13.0 Å².